The molecule has 8 nitrogen and oxygen atoms in total. The minimum Gasteiger partial charge on any atom is -0.507 e. The largest absolute Gasteiger partial charge is 0.507 e. The van der Waals surface area contributed by atoms with E-state index in [9.17, 15) is 30.0 Å². The molecule has 4 aliphatic rings. The van der Waals surface area contributed by atoms with Crippen LogP contribution in [0.25, 0.3) is 0 Å². The van der Waals surface area contributed by atoms with Gasteiger partial charge in [-0.05, 0) is 170 Å². The van der Waals surface area contributed by atoms with Crippen LogP contribution in [0.5, 0.6) is 23.0 Å². The molecule has 0 aromatic heterocycles. The normalized spacial score (nSPS) is 32.3. The lowest BCUT2D eigenvalue weighted by Gasteiger charge is -2.49. The molecule has 2 saturated carbocycles. The summed E-state index contributed by atoms with van der Waals surface area (Å²) in [4.78, 5) is 27.2. The maximum absolute atomic E-state index is 13.6. The summed E-state index contributed by atoms with van der Waals surface area (Å²) in [6, 6.07) is 0. The Hall–Kier alpha value is -3.42. The van der Waals surface area contributed by atoms with Gasteiger partial charge in [0, 0.05) is 11.1 Å². The molecule has 47 heavy (non-hydrogen) atoms. The fourth-order valence-electron chi connectivity index (χ4n) is 10.5. The lowest BCUT2D eigenvalue weighted by atomic mass is 9.51. The Morgan fingerprint density at radius 3 is 1.34 bits per heavy atom. The molecule has 4 N–H and O–H groups in total. The maximum atomic E-state index is 13.6. The molecule has 8 heteroatoms. The summed E-state index contributed by atoms with van der Waals surface area (Å²) in [5, 5.41) is 43.8. The van der Waals surface area contributed by atoms with Crippen molar-refractivity contribution in [1.82, 2.24) is 0 Å². The zero-order valence-corrected chi connectivity index (χ0v) is 29.2. The van der Waals surface area contributed by atoms with Crippen LogP contribution < -0.4 is 9.47 Å². The van der Waals surface area contributed by atoms with Crippen molar-refractivity contribution < 1.29 is 39.5 Å². The van der Waals surface area contributed by atoms with Gasteiger partial charge in [0.05, 0.1) is 23.0 Å². The van der Waals surface area contributed by atoms with E-state index >= 15 is 0 Å². The van der Waals surface area contributed by atoms with Crippen molar-refractivity contribution in [2.24, 2.45) is 34.5 Å². The number of phenolic OH excluding ortho intramolecular Hbond substituents is 2. The molecule has 0 saturated heterocycles. The smallest absolute Gasteiger partial charge is 0.311 e. The monoisotopic (exact) mass is 648 g/mol. The molecule has 2 aromatic carbocycles. The van der Waals surface area contributed by atoms with Crippen LogP contribution in [0.4, 0.5) is 0 Å². The van der Waals surface area contributed by atoms with E-state index in [0.717, 1.165) is 68.8 Å². The summed E-state index contributed by atoms with van der Waals surface area (Å²) < 4.78 is 12.9. The molecule has 0 spiro atoms. The topological polar surface area (TPSA) is 134 Å². The predicted octanol–water partition coefficient (Wildman–Crippen LogP) is 7.66. The van der Waals surface area contributed by atoms with Crippen LogP contribution in [0.3, 0.4) is 0 Å². The van der Waals surface area contributed by atoms with Crippen molar-refractivity contribution in [2.45, 2.75) is 125 Å². The lowest BCUT2D eigenvalue weighted by Crippen LogP contribution is -2.57. The number of hydrogen-bond donors (Lipinski definition) is 4. The Labute approximate surface area is 278 Å². The molecule has 2 heterocycles. The molecule has 2 aliphatic heterocycles. The predicted molar refractivity (Wildman–Crippen MR) is 179 cm³/mol. The molecule has 0 amide bonds. The number of carboxylic acid groups (broad SMARTS) is 2. The van der Waals surface area contributed by atoms with Gasteiger partial charge in [0.15, 0.2) is 0 Å². The Morgan fingerprint density at radius 1 is 0.638 bits per heavy atom. The quantitative estimate of drug-likeness (QED) is 0.229. The Balaban J connectivity index is 1.30. The summed E-state index contributed by atoms with van der Waals surface area (Å²) in [6.45, 7) is 15.5. The van der Waals surface area contributed by atoms with Gasteiger partial charge in [-0.25, -0.2) is 0 Å². The Bertz CT molecular complexity index is 1520. The number of benzene rings is 2. The van der Waals surface area contributed by atoms with E-state index in [1.54, 1.807) is 0 Å². The van der Waals surface area contributed by atoms with Crippen LogP contribution in [-0.4, -0.2) is 44.6 Å². The van der Waals surface area contributed by atoms with Gasteiger partial charge in [-0.1, -0.05) is 0 Å². The van der Waals surface area contributed by atoms with Crippen molar-refractivity contribution in [2.75, 3.05) is 0 Å². The minimum absolute atomic E-state index is 0.00447. The molecule has 0 radical (unpaired) electrons. The maximum Gasteiger partial charge on any atom is 0.311 e. The zero-order chi connectivity index (χ0) is 34.3. The molecular weight excluding hydrogens is 596 g/mol. The van der Waals surface area contributed by atoms with Crippen LogP contribution in [0.15, 0.2) is 0 Å². The van der Waals surface area contributed by atoms with Gasteiger partial charge in [-0.15, -0.1) is 0 Å². The van der Waals surface area contributed by atoms with Gasteiger partial charge in [-0.3, -0.25) is 9.59 Å². The fraction of sp³-hybridized carbons (Fsp3) is 0.641. The molecule has 2 aliphatic carbocycles. The summed E-state index contributed by atoms with van der Waals surface area (Å²) in [7, 11) is 0. The van der Waals surface area contributed by atoms with Gasteiger partial charge >= 0.3 is 11.9 Å². The van der Waals surface area contributed by atoms with Gasteiger partial charge in [0.1, 0.15) is 23.0 Å². The van der Waals surface area contributed by atoms with E-state index < -0.39 is 22.8 Å². The molecule has 2 bridgehead atoms. The van der Waals surface area contributed by atoms with Crippen molar-refractivity contribution in [3.63, 3.8) is 0 Å². The minimum atomic E-state index is -1.37. The van der Waals surface area contributed by atoms with Crippen molar-refractivity contribution in [3.05, 3.63) is 44.5 Å². The first kappa shape index (κ1) is 33.5. The lowest BCUT2D eigenvalue weighted by molar-refractivity contribution is -0.185. The fourth-order valence-corrected chi connectivity index (χ4v) is 10.5. The third kappa shape index (κ3) is 4.67. The number of carbonyl (C=O) groups is 2. The highest BCUT2D eigenvalue weighted by molar-refractivity contribution is 5.88. The highest BCUT2D eigenvalue weighted by atomic mass is 16.5. The van der Waals surface area contributed by atoms with Gasteiger partial charge < -0.3 is 29.9 Å². The molecule has 2 aromatic rings. The highest BCUT2D eigenvalue weighted by Crippen LogP contribution is 2.71. The van der Waals surface area contributed by atoms with E-state index in [4.69, 9.17) is 9.47 Å². The second-order valence-electron chi connectivity index (χ2n) is 15.5. The summed E-state index contributed by atoms with van der Waals surface area (Å²) in [5.74, 6) is -0.170. The first-order valence-corrected chi connectivity index (χ1v) is 17.5. The molecular formula is C39H52O8. The van der Waals surface area contributed by atoms with Crippen LogP contribution >= 0.6 is 0 Å². The van der Waals surface area contributed by atoms with Crippen molar-refractivity contribution >= 4 is 11.9 Å². The number of rotatable bonds is 8. The third-order valence-electron chi connectivity index (χ3n) is 13.8. The summed E-state index contributed by atoms with van der Waals surface area (Å²) in [5.41, 5.74) is 4.25. The SMILES string of the molecule is Cc1c(C)c2c(c(C)c1O)CC(CCC1(C(=O)O)C3CCC(C3)C1(CCC1Cc3c(C)c(O)c(C)c(C)c3OC1C)C(=O)O)C(C)O2. The number of fused-ring (bicyclic) bond motifs is 4. The van der Waals surface area contributed by atoms with Crippen LogP contribution in [0.1, 0.15) is 103 Å². The van der Waals surface area contributed by atoms with E-state index in [1.165, 1.54) is 0 Å². The molecule has 8 unspecified atom stereocenters. The van der Waals surface area contributed by atoms with Gasteiger partial charge in [-0.2, -0.15) is 0 Å². The second-order valence-corrected chi connectivity index (χ2v) is 15.5. The first-order chi connectivity index (χ1) is 22.1. The number of aromatic hydroxyl groups is 2. The van der Waals surface area contributed by atoms with Gasteiger partial charge in [0.25, 0.3) is 0 Å². The first-order valence-electron chi connectivity index (χ1n) is 17.5. The number of carboxylic acids is 2. The average Bonchev–Trinajstić information content (AvgIpc) is 3.63. The third-order valence-corrected chi connectivity index (χ3v) is 13.8. The Kier molecular flexibility index (Phi) is 8.28. The second kappa shape index (κ2) is 11.6. The Morgan fingerprint density at radius 2 is 1.00 bits per heavy atom. The molecule has 2 fully saturated rings. The van der Waals surface area contributed by atoms with Crippen LogP contribution in [-0.2, 0) is 22.4 Å². The van der Waals surface area contributed by atoms with Crippen LogP contribution in [0, 0.1) is 76.0 Å². The summed E-state index contributed by atoms with van der Waals surface area (Å²) in [6.07, 6.45) is 4.72. The van der Waals surface area contributed by atoms with E-state index in [-0.39, 0.29) is 60.2 Å². The number of aliphatic carboxylic acids is 2. The van der Waals surface area contributed by atoms with Crippen LogP contribution in [0.2, 0.25) is 0 Å². The number of hydrogen-bond acceptors (Lipinski definition) is 6. The van der Waals surface area contributed by atoms with Crippen molar-refractivity contribution in [1.29, 1.82) is 0 Å². The molecule has 6 rings (SSSR count). The summed E-state index contributed by atoms with van der Waals surface area (Å²) >= 11 is 0. The van der Waals surface area contributed by atoms with E-state index in [2.05, 4.69) is 0 Å². The zero-order valence-electron chi connectivity index (χ0n) is 29.2. The van der Waals surface area contributed by atoms with Crippen molar-refractivity contribution in [3.8, 4) is 23.0 Å². The highest BCUT2D eigenvalue weighted by Gasteiger charge is 2.74. The molecule has 256 valence electrons. The number of phenols is 2. The van der Waals surface area contributed by atoms with E-state index in [0.29, 0.717) is 32.1 Å². The molecule has 8 atom stereocenters. The van der Waals surface area contributed by atoms with Gasteiger partial charge in [0.2, 0.25) is 0 Å². The van der Waals surface area contributed by atoms with E-state index in [1.807, 2.05) is 55.4 Å². The standard InChI is InChI=1S/C39H52O8/c1-18-20(3)34-30(22(5)32(18)40)15-26(24(7)46-34)11-13-38(36(42)43)28-9-10-29(17-28)39(38,37(44)45)14-12-27-16-31-23(6)33(41)19(2)21(4)35(31)47-25(27)8/h24-29,40-41H,9-17H2,1-8H3,(H,42,43)(H,44,45). The average molecular weight is 649 g/mol. The number of ether oxygens (including phenoxy) is 2.